The summed E-state index contributed by atoms with van der Waals surface area (Å²) in [7, 11) is -2.14. The van der Waals surface area contributed by atoms with Gasteiger partial charge in [-0.2, -0.15) is 8.42 Å². The Balaban J connectivity index is 1.54. The number of likely N-dealkylation sites (N-methyl/N-ethyl adjacent to an activating group) is 1. The van der Waals surface area contributed by atoms with E-state index in [2.05, 4.69) is 9.71 Å². The van der Waals surface area contributed by atoms with Crippen LogP contribution < -0.4 is 5.32 Å². The quantitative estimate of drug-likeness (QED) is 0.657. The third kappa shape index (κ3) is 3.99. The van der Waals surface area contributed by atoms with Gasteiger partial charge >= 0.3 is 0 Å². The Labute approximate surface area is 177 Å². The van der Waals surface area contributed by atoms with Crippen LogP contribution in [0.3, 0.4) is 0 Å². The van der Waals surface area contributed by atoms with Gasteiger partial charge in [0.2, 0.25) is 5.91 Å². The Bertz CT molecular complexity index is 1210. The Hall–Kier alpha value is -3.04. The summed E-state index contributed by atoms with van der Waals surface area (Å²) in [5.74, 6) is -0.436. The van der Waals surface area contributed by atoms with Crippen LogP contribution in [0.1, 0.15) is 22.0 Å². The Morgan fingerprint density at radius 2 is 1.87 bits per heavy atom. The molecule has 154 valence electrons. The predicted molar refractivity (Wildman–Crippen MR) is 113 cm³/mol. The van der Waals surface area contributed by atoms with Crippen LogP contribution in [0, 0.1) is 5.82 Å². The number of halogens is 1. The maximum absolute atomic E-state index is 13.3. The van der Waals surface area contributed by atoms with Gasteiger partial charge in [-0.05, 0) is 41.3 Å². The molecule has 9 heteroatoms. The molecule has 1 amide bonds. The number of carbonyl (C=O) groups excluding carboxylic acids is 1. The normalized spacial score (nSPS) is 15.2. The molecule has 0 spiro atoms. The van der Waals surface area contributed by atoms with Gasteiger partial charge in [0.15, 0.2) is 5.84 Å². The number of sulfonamides is 1. The van der Waals surface area contributed by atoms with Crippen molar-refractivity contribution in [2.45, 2.75) is 10.9 Å². The summed E-state index contributed by atoms with van der Waals surface area (Å²) in [4.78, 5) is 15.4. The molecule has 1 atom stereocenters. The minimum absolute atomic E-state index is 0.0915. The van der Waals surface area contributed by atoms with Gasteiger partial charge in [0.1, 0.15) is 10.7 Å². The first-order valence-corrected chi connectivity index (χ1v) is 11.4. The topological polar surface area (TPSA) is 78.8 Å². The Morgan fingerprint density at radius 3 is 2.57 bits per heavy atom. The van der Waals surface area contributed by atoms with Crippen LogP contribution in [-0.2, 0) is 14.8 Å². The van der Waals surface area contributed by atoms with E-state index >= 15 is 0 Å². The minimum atomic E-state index is -3.76. The molecule has 2 aromatic carbocycles. The summed E-state index contributed by atoms with van der Waals surface area (Å²) in [5.41, 5.74) is 1.22. The highest BCUT2D eigenvalue weighted by Gasteiger charge is 2.31. The molecule has 2 heterocycles. The van der Waals surface area contributed by atoms with Crippen LogP contribution in [0.2, 0.25) is 0 Å². The molecule has 0 bridgehead atoms. The fourth-order valence-electron chi connectivity index (χ4n) is 3.29. The molecule has 3 aromatic rings. The number of benzene rings is 2. The number of hydrogen-bond acceptors (Lipinski definition) is 5. The van der Waals surface area contributed by atoms with Crippen LogP contribution in [0.4, 0.5) is 4.39 Å². The van der Waals surface area contributed by atoms with E-state index in [1.165, 1.54) is 34.4 Å². The number of hydrogen-bond donors (Lipinski definition) is 1. The average Bonchev–Trinajstić information content (AvgIpc) is 3.34. The van der Waals surface area contributed by atoms with Gasteiger partial charge in [-0.3, -0.25) is 4.79 Å². The van der Waals surface area contributed by atoms with Gasteiger partial charge in [-0.25, -0.2) is 4.39 Å². The molecular formula is C21H18FN3O3S2. The maximum Gasteiger partial charge on any atom is 0.285 e. The predicted octanol–water partition coefficient (Wildman–Crippen LogP) is 3.17. The monoisotopic (exact) mass is 443 g/mol. The van der Waals surface area contributed by atoms with E-state index in [9.17, 15) is 17.6 Å². The molecule has 1 aromatic heterocycles. The summed E-state index contributed by atoms with van der Waals surface area (Å²) in [6.07, 6.45) is 0. The van der Waals surface area contributed by atoms with Crippen molar-refractivity contribution in [3.63, 3.8) is 0 Å². The third-order valence-electron chi connectivity index (χ3n) is 4.69. The van der Waals surface area contributed by atoms with Gasteiger partial charge in [-0.15, -0.1) is 15.7 Å². The first kappa shape index (κ1) is 20.2. The fraction of sp³-hybridized carbons (Fsp3) is 0.143. The standard InChI is InChI=1S/C21H18FN3O3S2/c1-25(21-16-5-2-3-7-18(16)30(27,28)24-21)13-19(26)23-20(17-6-4-12-29-17)14-8-10-15(22)11-9-14/h2-12,20H,13H2,1H3,(H,23,26). The van der Waals surface area contributed by atoms with Crippen molar-refractivity contribution in [1.29, 1.82) is 0 Å². The van der Waals surface area contributed by atoms with Gasteiger partial charge in [-0.1, -0.05) is 30.3 Å². The highest BCUT2D eigenvalue weighted by molar-refractivity contribution is 7.90. The van der Waals surface area contributed by atoms with E-state index in [0.717, 1.165) is 10.4 Å². The second-order valence-electron chi connectivity index (χ2n) is 6.81. The van der Waals surface area contributed by atoms with Crippen molar-refractivity contribution in [3.8, 4) is 0 Å². The molecular weight excluding hydrogens is 425 g/mol. The van der Waals surface area contributed by atoms with Crippen LogP contribution in [0.25, 0.3) is 0 Å². The zero-order valence-corrected chi connectivity index (χ0v) is 17.6. The van der Waals surface area contributed by atoms with Crippen molar-refractivity contribution in [3.05, 3.63) is 87.9 Å². The second-order valence-corrected chi connectivity index (χ2v) is 9.36. The molecule has 0 saturated carbocycles. The van der Waals surface area contributed by atoms with Gasteiger partial charge in [0.05, 0.1) is 12.6 Å². The van der Waals surface area contributed by atoms with Crippen molar-refractivity contribution in [2.75, 3.05) is 13.6 Å². The number of fused-ring (bicyclic) bond motifs is 1. The van der Waals surface area contributed by atoms with Crippen LogP contribution >= 0.6 is 11.3 Å². The Kier molecular flexibility index (Phi) is 5.40. The fourth-order valence-corrected chi connectivity index (χ4v) is 5.34. The van der Waals surface area contributed by atoms with E-state index in [-0.39, 0.29) is 29.0 Å². The van der Waals surface area contributed by atoms with Crippen molar-refractivity contribution in [1.82, 2.24) is 10.2 Å². The van der Waals surface area contributed by atoms with E-state index < -0.39 is 16.1 Å². The number of rotatable bonds is 5. The Morgan fingerprint density at radius 1 is 1.13 bits per heavy atom. The van der Waals surface area contributed by atoms with Crippen molar-refractivity contribution >= 4 is 33.1 Å². The van der Waals surface area contributed by atoms with Crippen LogP contribution in [0.15, 0.2) is 75.3 Å². The van der Waals surface area contributed by atoms with Crippen molar-refractivity contribution in [2.24, 2.45) is 4.40 Å². The maximum atomic E-state index is 13.3. The summed E-state index contributed by atoms with van der Waals surface area (Å²) in [6, 6.07) is 15.8. The SMILES string of the molecule is CN(CC(=O)NC(c1ccc(F)cc1)c1cccs1)C1=NS(=O)(=O)c2ccccc21. The number of nitrogens with one attached hydrogen (secondary N) is 1. The van der Waals surface area contributed by atoms with Gasteiger partial charge in [0, 0.05) is 17.5 Å². The lowest BCUT2D eigenvalue weighted by atomic mass is 10.1. The van der Waals surface area contributed by atoms with Gasteiger partial charge < -0.3 is 10.2 Å². The molecule has 1 aliphatic rings. The van der Waals surface area contributed by atoms with Crippen LogP contribution in [-0.4, -0.2) is 38.7 Å². The minimum Gasteiger partial charge on any atom is -0.349 e. The first-order chi connectivity index (χ1) is 14.3. The number of carbonyl (C=O) groups is 1. The number of amidine groups is 1. The molecule has 0 radical (unpaired) electrons. The molecule has 0 fully saturated rings. The molecule has 0 aliphatic carbocycles. The van der Waals surface area contributed by atoms with E-state index in [1.807, 2.05) is 17.5 Å². The molecule has 6 nitrogen and oxygen atoms in total. The lowest BCUT2D eigenvalue weighted by Gasteiger charge is -2.22. The van der Waals surface area contributed by atoms with E-state index in [1.54, 1.807) is 37.4 Å². The lowest BCUT2D eigenvalue weighted by Crippen LogP contribution is -2.40. The van der Waals surface area contributed by atoms with Crippen LogP contribution in [0.5, 0.6) is 0 Å². The zero-order chi connectivity index (χ0) is 21.3. The van der Waals surface area contributed by atoms with E-state index in [4.69, 9.17) is 0 Å². The van der Waals surface area contributed by atoms with E-state index in [0.29, 0.717) is 5.56 Å². The molecule has 1 unspecified atom stereocenters. The first-order valence-electron chi connectivity index (χ1n) is 9.09. The molecule has 30 heavy (non-hydrogen) atoms. The summed E-state index contributed by atoms with van der Waals surface area (Å²) < 4.78 is 41.7. The number of nitrogens with zero attached hydrogens (tertiary/aromatic N) is 2. The molecule has 0 saturated heterocycles. The number of thiophene rings is 1. The van der Waals surface area contributed by atoms with Gasteiger partial charge in [0.25, 0.3) is 10.0 Å². The molecule has 1 N–H and O–H groups in total. The summed E-state index contributed by atoms with van der Waals surface area (Å²) >= 11 is 1.48. The lowest BCUT2D eigenvalue weighted by molar-refractivity contribution is -0.121. The summed E-state index contributed by atoms with van der Waals surface area (Å²) in [5, 5.41) is 4.86. The molecule has 1 aliphatic heterocycles. The highest BCUT2D eigenvalue weighted by Crippen LogP contribution is 2.28. The smallest absolute Gasteiger partial charge is 0.285 e. The summed E-state index contributed by atoms with van der Waals surface area (Å²) in [6.45, 7) is -0.0915. The van der Waals surface area contributed by atoms with Crippen molar-refractivity contribution < 1.29 is 17.6 Å². The third-order valence-corrected chi connectivity index (χ3v) is 6.95. The average molecular weight is 444 g/mol. The zero-order valence-electron chi connectivity index (χ0n) is 15.9. The second kappa shape index (κ2) is 8.00. The highest BCUT2D eigenvalue weighted by atomic mass is 32.2. The number of amides is 1. The largest absolute Gasteiger partial charge is 0.349 e. The molecule has 4 rings (SSSR count).